The lowest BCUT2D eigenvalue weighted by Crippen LogP contribution is -2.51. The van der Waals surface area contributed by atoms with Gasteiger partial charge in [-0.1, -0.05) is 12.1 Å². The van der Waals surface area contributed by atoms with Crippen LogP contribution in [-0.4, -0.2) is 70.2 Å². The van der Waals surface area contributed by atoms with Crippen molar-refractivity contribution in [3.8, 4) is 0 Å². The molecule has 0 spiro atoms. The lowest BCUT2D eigenvalue weighted by molar-refractivity contribution is -0.118. The molecule has 2 aliphatic rings. The SMILES string of the molecule is Cc1cccc(N2CCN(S(=O)(=O)CC(=O)NCC3CCCNC3)CC2)c1.Cl.Cl. The Hall–Kier alpha value is -1.06. The van der Waals surface area contributed by atoms with Gasteiger partial charge in [0.1, 0.15) is 5.75 Å². The average Bonchev–Trinajstić information content (AvgIpc) is 2.67. The monoisotopic (exact) mass is 466 g/mol. The normalized spacial score (nSPS) is 20.3. The molecule has 1 aromatic rings. The van der Waals surface area contributed by atoms with E-state index in [-0.39, 0.29) is 24.8 Å². The van der Waals surface area contributed by atoms with Crippen molar-refractivity contribution in [2.24, 2.45) is 5.92 Å². The standard InChI is InChI=1S/C19H30N4O3S.2ClH/c1-16-4-2-6-18(12-16)22-8-10-23(11-9-22)27(25,26)15-19(24)21-14-17-5-3-7-20-13-17;;/h2,4,6,12,17,20H,3,5,7-11,13-15H2,1H3,(H,21,24);2*1H. The Balaban J connectivity index is 0.00000210. The third-order valence-electron chi connectivity index (χ3n) is 5.30. The van der Waals surface area contributed by atoms with Crippen LogP contribution in [0.25, 0.3) is 0 Å². The first-order valence-corrected chi connectivity index (χ1v) is 11.3. The number of aryl methyl sites for hydroxylation is 1. The summed E-state index contributed by atoms with van der Waals surface area (Å²) in [6, 6.07) is 8.22. The number of amides is 1. The fraction of sp³-hybridized carbons (Fsp3) is 0.632. The predicted molar refractivity (Wildman–Crippen MR) is 122 cm³/mol. The summed E-state index contributed by atoms with van der Waals surface area (Å²) in [4.78, 5) is 14.3. The van der Waals surface area contributed by atoms with Crippen molar-refractivity contribution < 1.29 is 13.2 Å². The van der Waals surface area contributed by atoms with Crippen molar-refractivity contribution >= 4 is 46.4 Å². The van der Waals surface area contributed by atoms with Crippen LogP contribution in [0, 0.1) is 12.8 Å². The number of piperazine rings is 1. The fourth-order valence-corrected chi connectivity index (χ4v) is 5.05. The van der Waals surface area contributed by atoms with E-state index in [1.807, 2.05) is 25.1 Å². The molecular formula is C19H32Cl2N4O3S. The molecule has 166 valence electrons. The second kappa shape index (κ2) is 12.0. The van der Waals surface area contributed by atoms with E-state index in [9.17, 15) is 13.2 Å². The van der Waals surface area contributed by atoms with Crippen LogP contribution in [0.4, 0.5) is 5.69 Å². The number of nitrogens with one attached hydrogen (secondary N) is 2. The van der Waals surface area contributed by atoms with Gasteiger partial charge in [0, 0.05) is 38.4 Å². The summed E-state index contributed by atoms with van der Waals surface area (Å²) in [6.45, 7) is 6.60. The zero-order valence-electron chi connectivity index (χ0n) is 16.8. The van der Waals surface area contributed by atoms with Gasteiger partial charge in [-0.05, 0) is 56.5 Å². The van der Waals surface area contributed by atoms with Crippen LogP contribution in [0.1, 0.15) is 18.4 Å². The summed E-state index contributed by atoms with van der Waals surface area (Å²) in [5, 5.41) is 6.09. The number of benzene rings is 1. The van der Waals surface area contributed by atoms with E-state index < -0.39 is 21.7 Å². The van der Waals surface area contributed by atoms with Gasteiger partial charge in [-0.3, -0.25) is 4.79 Å². The third-order valence-corrected chi connectivity index (χ3v) is 7.08. The topological polar surface area (TPSA) is 81.8 Å². The van der Waals surface area contributed by atoms with E-state index in [2.05, 4.69) is 21.6 Å². The average molecular weight is 467 g/mol. The number of carbonyl (C=O) groups is 1. The van der Waals surface area contributed by atoms with Crippen LogP contribution >= 0.6 is 24.8 Å². The Morgan fingerprint density at radius 1 is 1.21 bits per heavy atom. The van der Waals surface area contributed by atoms with Crippen molar-refractivity contribution in [2.45, 2.75) is 19.8 Å². The molecule has 1 atom stereocenters. The lowest BCUT2D eigenvalue weighted by Gasteiger charge is -2.35. The van der Waals surface area contributed by atoms with E-state index in [1.54, 1.807) is 0 Å². The van der Waals surface area contributed by atoms with Crippen molar-refractivity contribution in [1.82, 2.24) is 14.9 Å². The van der Waals surface area contributed by atoms with Crippen molar-refractivity contribution in [2.75, 3.05) is 56.5 Å². The van der Waals surface area contributed by atoms with Crippen LogP contribution in [0.2, 0.25) is 0 Å². The highest BCUT2D eigenvalue weighted by Crippen LogP contribution is 2.19. The number of piperidine rings is 1. The zero-order chi connectivity index (χ0) is 19.3. The summed E-state index contributed by atoms with van der Waals surface area (Å²) < 4.78 is 26.6. The molecule has 2 fully saturated rings. The Labute approximate surface area is 186 Å². The number of halogens is 2. The van der Waals surface area contributed by atoms with Crippen LogP contribution in [0.5, 0.6) is 0 Å². The minimum Gasteiger partial charge on any atom is -0.369 e. The number of rotatable bonds is 6. The first kappa shape index (κ1) is 26.0. The zero-order valence-corrected chi connectivity index (χ0v) is 19.3. The van der Waals surface area contributed by atoms with Crippen LogP contribution in [0.15, 0.2) is 24.3 Å². The molecule has 2 heterocycles. The summed E-state index contributed by atoms with van der Waals surface area (Å²) in [7, 11) is -3.57. The largest absolute Gasteiger partial charge is 0.369 e. The molecule has 1 amide bonds. The third kappa shape index (κ3) is 7.61. The Bertz CT molecular complexity index is 750. The minimum absolute atomic E-state index is 0. The van der Waals surface area contributed by atoms with E-state index >= 15 is 0 Å². The fourth-order valence-electron chi connectivity index (χ4n) is 3.71. The molecule has 0 aromatic heterocycles. The van der Waals surface area contributed by atoms with Crippen molar-refractivity contribution in [1.29, 1.82) is 0 Å². The maximum atomic E-state index is 12.6. The molecule has 0 radical (unpaired) electrons. The Kier molecular flexibility index (Phi) is 10.7. The highest BCUT2D eigenvalue weighted by Gasteiger charge is 2.29. The molecule has 3 rings (SSSR count). The number of carbonyl (C=O) groups excluding carboxylic acids is 1. The maximum Gasteiger partial charge on any atom is 0.236 e. The van der Waals surface area contributed by atoms with E-state index in [4.69, 9.17) is 0 Å². The molecule has 29 heavy (non-hydrogen) atoms. The van der Waals surface area contributed by atoms with Gasteiger partial charge in [-0.2, -0.15) is 4.31 Å². The van der Waals surface area contributed by atoms with Crippen molar-refractivity contribution in [3.05, 3.63) is 29.8 Å². The van der Waals surface area contributed by atoms with E-state index in [1.165, 1.54) is 9.87 Å². The van der Waals surface area contributed by atoms with Gasteiger partial charge in [0.15, 0.2) is 0 Å². The molecule has 0 saturated carbocycles. The van der Waals surface area contributed by atoms with Gasteiger partial charge in [0.25, 0.3) is 0 Å². The second-order valence-corrected chi connectivity index (χ2v) is 9.47. The first-order valence-electron chi connectivity index (χ1n) is 9.71. The summed E-state index contributed by atoms with van der Waals surface area (Å²) in [5.74, 6) is -0.470. The van der Waals surface area contributed by atoms with Crippen LogP contribution in [0.3, 0.4) is 0 Å². The molecule has 2 saturated heterocycles. The number of hydrogen-bond acceptors (Lipinski definition) is 5. The van der Waals surface area contributed by atoms with Gasteiger partial charge in [-0.15, -0.1) is 24.8 Å². The first-order chi connectivity index (χ1) is 12.9. The molecule has 1 aromatic carbocycles. The molecule has 0 bridgehead atoms. The molecule has 10 heteroatoms. The highest BCUT2D eigenvalue weighted by molar-refractivity contribution is 7.89. The molecule has 1 unspecified atom stereocenters. The van der Waals surface area contributed by atoms with Gasteiger partial charge in [0.05, 0.1) is 0 Å². The minimum atomic E-state index is -3.57. The van der Waals surface area contributed by atoms with Gasteiger partial charge in [0.2, 0.25) is 15.9 Å². The number of nitrogens with zero attached hydrogens (tertiary/aromatic N) is 2. The maximum absolute atomic E-state index is 12.6. The lowest BCUT2D eigenvalue weighted by atomic mass is 10.00. The Morgan fingerprint density at radius 2 is 1.93 bits per heavy atom. The number of sulfonamides is 1. The van der Waals surface area contributed by atoms with E-state index in [0.717, 1.165) is 31.6 Å². The van der Waals surface area contributed by atoms with E-state index in [0.29, 0.717) is 38.6 Å². The summed E-state index contributed by atoms with van der Waals surface area (Å²) in [5.41, 5.74) is 2.30. The predicted octanol–water partition coefficient (Wildman–Crippen LogP) is 1.41. The quantitative estimate of drug-likeness (QED) is 0.661. The molecule has 2 N–H and O–H groups in total. The van der Waals surface area contributed by atoms with Gasteiger partial charge < -0.3 is 15.5 Å². The van der Waals surface area contributed by atoms with Crippen LogP contribution in [-0.2, 0) is 14.8 Å². The molecule has 0 aliphatic carbocycles. The van der Waals surface area contributed by atoms with Gasteiger partial charge in [-0.25, -0.2) is 8.42 Å². The second-order valence-electron chi connectivity index (χ2n) is 7.50. The molecule has 2 aliphatic heterocycles. The van der Waals surface area contributed by atoms with Gasteiger partial charge >= 0.3 is 0 Å². The summed E-state index contributed by atoms with van der Waals surface area (Å²) in [6.07, 6.45) is 2.17. The molecular weight excluding hydrogens is 435 g/mol. The van der Waals surface area contributed by atoms with Crippen molar-refractivity contribution in [3.63, 3.8) is 0 Å². The number of anilines is 1. The smallest absolute Gasteiger partial charge is 0.236 e. The molecule has 7 nitrogen and oxygen atoms in total. The summed E-state index contributed by atoms with van der Waals surface area (Å²) >= 11 is 0. The van der Waals surface area contributed by atoms with Crippen LogP contribution < -0.4 is 15.5 Å². The number of hydrogen-bond donors (Lipinski definition) is 2. The Morgan fingerprint density at radius 3 is 2.55 bits per heavy atom. The highest BCUT2D eigenvalue weighted by atomic mass is 35.5.